The van der Waals surface area contributed by atoms with Crippen molar-refractivity contribution in [2.45, 2.75) is 31.8 Å². The first-order valence-corrected chi connectivity index (χ1v) is 8.43. The summed E-state index contributed by atoms with van der Waals surface area (Å²) in [6.07, 6.45) is 0. The quantitative estimate of drug-likeness (QED) is 0.845. The van der Waals surface area contributed by atoms with Gasteiger partial charge in [0.05, 0.1) is 12.2 Å². The van der Waals surface area contributed by atoms with Gasteiger partial charge in [-0.15, -0.1) is 11.3 Å². The van der Waals surface area contributed by atoms with Crippen molar-refractivity contribution in [3.63, 3.8) is 0 Å². The van der Waals surface area contributed by atoms with E-state index in [1.165, 1.54) is 11.3 Å². The Kier molecular flexibility index (Phi) is 4.59. The van der Waals surface area contributed by atoms with Gasteiger partial charge in [0.2, 0.25) is 10.0 Å². The highest BCUT2D eigenvalue weighted by Gasteiger charge is 2.22. The number of hydrogen-bond donors (Lipinski definition) is 2. The molecule has 0 bridgehead atoms. The van der Waals surface area contributed by atoms with E-state index in [2.05, 4.69) is 15.2 Å². The molecule has 2 N–H and O–H groups in total. The molecule has 0 saturated heterocycles. The van der Waals surface area contributed by atoms with E-state index < -0.39 is 10.0 Å². The second-order valence-electron chi connectivity index (χ2n) is 4.46. The number of sulfonamides is 1. The second-order valence-corrected chi connectivity index (χ2v) is 7.13. The molecule has 0 saturated carbocycles. The third-order valence-corrected chi connectivity index (χ3v) is 5.57. The Balaban J connectivity index is 2.20. The Bertz CT molecular complexity index is 689. The van der Waals surface area contributed by atoms with Crippen molar-refractivity contribution in [1.29, 1.82) is 0 Å². The van der Waals surface area contributed by atoms with Gasteiger partial charge in [0.15, 0.2) is 5.76 Å². The Hall–Kier alpha value is -1.22. The average molecular weight is 315 g/mol. The highest BCUT2D eigenvalue weighted by atomic mass is 32.2. The van der Waals surface area contributed by atoms with Crippen LogP contribution in [0.1, 0.15) is 21.9 Å². The standard InChI is InChI=1S/C12H17N3O3S2/c1-8-7-19-11(6-13-3)12(8)20(16,17)14-5-10-4-9(2)15-18-10/h4,7,13-14H,5-6H2,1-3H3. The molecular formula is C12H17N3O3S2. The van der Waals surface area contributed by atoms with E-state index in [4.69, 9.17) is 4.52 Å². The van der Waals surface area contributed by atoms with Crippen molar-refractivity contribution < 1.29 is 12.9 Å². The molecule has 2 heterocycles. The van der Waals surface area contributed by atoms with E-state index >= 15 is 0 Å². The first-order valence-electron chi connectivity index (χ1n) is 6.07. The zero-order valence-electron chi connectivity index (χ0n) is 11.6. The van der Waals surface area contributed by atoms with Crippen LogP contribution in [0.5, 0.6) is 0 Å². The number of nitrogens with zero attached hydrogens (tertiary/aromatic N) is 1. The van der Waals surface area contributed by atoms with Crippen LogP contribution >= 0.6 is 11.3 Å². The molecule has 20 heavy (non-hydrogen) atoms. The molecule has 110 valence electrons. The fourth-order valence-electron chi connectivity index (χ4n) is 1.87. The van der Waals surface area contributed by atoms with Crippen LogP contribution in [0.2, 0.25) is 0 Å². The van der Waals surface area contributed by atoms with E-state index in [1.807, 2.05) is 5.38 Å². The predicted octanol–water partition coefficient (Wildman–Crippen LogP) is 1.55. The lowest BCUT2D eigenvalue weighted by atomic mass is 10.3. The van der Waals surface area contributed by atoms with Crippen molar-refractivity contribution >= 4 is 21.4 Å². The summed E-state index contributed by atoms with van der Waals surface area (Å²) in [5.74, 6) is 0.495. The maximum absolute atomic E-state index is 12.4. The highest BCUT2D eigenvalue weighted by molar-refractivity contribution is 7.89. The number of nitrogens with one attached hydrogen (secondary N) is 2. The fourth-order valence-corrected chi connectivity index (χ4v) is 4.68. The summed E-state index contributed by atoms with van der Waals surface area (Å²) in [6.45, 7) is 4.20. The summed E-state index contributed by atoms with van der Waals surface area (Å²) in [5.41, 5.74) is 1.48. The summed E-state index contributed by atoms with van der Waals surface area (Å²) in [7, 11) is -1.77. The lowest BCUT2D eigenvalue weighted by Crippen LogP contribution is -2.24. The summed E-state index contributed by atoms with van der Waals surface area (Å²) < 4.78 is 32.3. The topological polar surface area (TPSA) is 84.2 Å². The van der Waals surface area contributed by atoms with Crippen molar-refractivity contribution in [2.24, 2.45) is 0 Å². The molecule has 2 aromatic rings. The van der Waals surface area contributed by atoms with Crippen molar-refractivity contribution in [3.05, 3.63) is 33.3 Å². The zero-order valence-corrected chi connectivity index (χ0v) is 13.2. The van der Waals surface area contributed by atoms with Crippen molar-refractivity contribution in [2.75, 3.05) is 7.05 Å². The molecule has 8 heteroatoms. The molecule has 0 unspecified atom stereocenters. The highest BCUT2D eigenvalue weighted by Crippen LogP contribution is 2.26. The fraction of sp³-hybridized carbons (Fsp3) is 0.417. The summed E-state index contributed by atoms with van der Waals surface area (Å²) >= 11 is 1.44. The van der Waals surface area contributed by atoms with Crippen LogP contribution < -0.4 is 10.0 Å². The van der Waals surface area contributed by atoms with Crippen LogP contribution in [0.3, 0.4) is 0 Å². The Morgan fingerprint density at radius 3 is 2.70 bits per heavy atom. The second kappa shape index (κ2) is 6.04. The molecule has 0 aromatic carbocycles. The molecule has 0 fully saturated rings. The molecular weight excluding hydrogens is 298 g/mol. The zero-order chi connectivity index (χ0) is 14.8. The van der Waals surface area contributed by atoms with Crippen LogP contribution in [0.25, 0.3) is 0 Å². The minimum Gasteiger partial charge on any atom is -0.360 e. The summed E-state index contributed by atoms with van der Waals surface area (Å²) in [6, 6.07) is 1.71. The van der Waals surface area contributed by atoms with Crippen molar-refractivity contribution in [1.82, 2.24) is 15.2 Å². The van der Waals surface area contributed by atoms with Gasteiger partial charge in [-0.1, -0.05) is 5.16 Å². The average Bonchev–Trinajstić information content (AvgIpc) is 2.95. The van der Waals surface area contributed by atoms with Gasteiger partial charge in [0.25, 0.3) is 0 Å². The number of aryl methyl sites for hydroxylation is 2. The molecule has 0 aliphatic carbocycles. The lowest BCUT2D eigenvalue weighted by Gasteiger charge is -2.07. The van der Waals surface area contributed by atoms with E-state index in [0.717, 1.165) is 16.1 Å². The normalized spacial score (nSPS) is 11.9. The molecule has 0 atom stereocenters. The van der Waals surface area contributed by atoms with Crippen LogP contribution in [0.4, 0.5) is 0 Å². The third kappa shape index (κ3) is 3.26. The first-order chi connectivity index (χ1) is 9.44. The van der Waals surface area contributed by atoms with Crippen LogP contribution in [-0.2, 0) is 23.1 Å². The third-order valence-electron chi connectivity index (χ3n) is 2.71. The van der Waals surface area contributed by atoms with Gasteiger partial charge >= 0.3 is 0 Å². The van der Waals surface area contributed by atoms with Gasteiger partial charge < -0.3 is 9.84 Å². The minimum absolute atomic E-state index is 0.0947. The number of hydrogen-bond acceptors (Lipinski definition) is 6. The minimum atomic E-state index is -3.56. The molecule has 2 rings (SSSR count). The van der Waals surface area contributed by atoms with Gasteiger partial charge in [-0.2, -0.15) is 0 Å². The Morgan fingerprint density at radius 1 is 1.35 bits per heavy atom. The van der Waals surface area contributed by atoms with Gasteiger partial charge in [0, 0.05) is 17.5 Å². The van der Waals surface area contributed by atoms with Gasteiger partial charge in [-0.05, 0) is 31.8 Å². The van der Waals surface area contributed by atoms with Crippen LogP contribution in [0, 0.1) is 13.8 Å². The molecule has 2 aromatic heterocycles. The van der Waals surface area contributed by atoms with E-state index in [1.54, 1.807) is 27.0 Å². The molecule has 6 nitrogen and oxygen atoms in total. The summed E-state index contributed by atoms with van der Waals surface area (Å²) in [5, 5.41) is 8.55. The number of aromatic nitrogens is 1. The Morgan fingerprint density at radius 2 is 2.10 bits per heavy atom. The van der Waals surface area contributed by atoms with Crippen molar-refractivity contribution in [3.8, 4) is 0 Å². The predicted molar refractivity (Wildman–Crippen MR) is 77.1 cm³/mol. The Labute approximate surface area is 122 Å². The first kappa shape index (κ1) is 15.2. The monoisotopic (exact) mass is 315 g/mol. The molecule has 0 aliphatic heterocycles. The van der Waals surface area contributed by atoms with E-state index in [0.29, 0.717) is 17.2 Å². The number of rotatable bonds is 6. The molecule has 0 amide bonds. The molecule has 0 radical (unpaired) electrons. The van der Waals surface area contributed by atoms with E-state index in [9.17, 15) is 8.42 Å². The lowest BCUT2D eigenvalue weighted by molar-refractivity contribution is 0.377. The maximum Gasteiger partial charge on any atom is 0.242 e. The SMILES string of the molecule is CNCc1scc(C)c1S(=O)(=O)NCc1cc(C)no1. The van der Waals surface area contributed by atoms with Crippen LogP contribution in [-0.4, -0.2) is 20.6 Å². The molecule has 0 spiro atoms. The number of thiophene rings is 1. The van der Waals surface area contributed by atoms with Gasteiger partial charge in [-0.25, -0.2) is 13.1 Å². The van der Waals surface area contributed by atoms with Gasteiger partial charge in [-0.3, -0.25) is 0 Å². The molecule has 0 aliphatic rings. The summed E-state index contributed by atoms with van der Waals surface area (Å²) in [4.78, 5) is 1.15. The smallest absolute Gasteiger partial charge is 0.242 e. The van der Waals surface area contributed by atoms with Crippen LogP contribution in [0.15, 0.2) is 20.9 Å². The van der Waals surface area contributed by atoms with Gasteiger partial charge in [0.1, 0.15) is 4.90 Å². The largest absolute Gasteiger partial charge is 0.360 e. The van der Waals surface area contributed by atoms with E-state index in [-0.39, 0.29) is 6.54 Å². The maximum atomic E-state index is 12.4.